The Hall–Kier alpha value is -4.12. The normalized spacial score (nSPS) is 19.6. The lowest BCUT2D eigenvalue weighted by Gasteiger charge is -2.45. The van der Waals surface area contributed by atoms with Crippen LogP contribution in [0.4, 0.5) is 23.2 Å². The van der Waals surface area contributed by atoms with Gasteiger partial charge < -0.3 is 4.57 Å². The van der Waals surface area contributed by atoms with Gasteiger partial charge in [-0.1, -0.05) is 32.0 Å². The van der Waals surface area contributed by atoms with Crippen LogP contribution < -0.4 is 4.90 Å². The second kappa shape index (κ2) is 8.77. The van der Waals surface area contributed by atoms with Gasteiger partial charge in [-0.3, -0.25) is 9.69 Å². The molecule has 1 aliphatic carbocycles. The number of alkyl halides is 3. The molecule has 4 nitrogen and oxygen atoms in total. The van der Waals surface area contributed by atoms with E-state index >= 15 is 0 Å². The van der Waals surface area contributed by atoms with E-state index in [9.17, 15) is 27.6 Å². The van der Waals surface area contributed by atoms with Crippen molar-refractivity contribution in [3.63, 3.8) is 0 Å². The number of allylic oxidation sites excluding steroid dienone is 3. The van der Waals surface area contributed by atoms with Gasteiger partial charge in [-0.2, -0.15) is 18.4 Å². The number of nitriles is 1. The summed E-state index contributed by atoms with van der Waals surface area (Å²) in [6.07, 6.45) is -0.621. The number of aromatic nitrogens is 1. The molecule has 37 heavy (non-hydrogen) atoms. The highest BCUT2D eigenvalue weighted by Gasteiger charge is 2.46. The van der Waals surface area contributed by atoms with Gasteiger partial charge in [-0.25, -0.2) is 4.39 Å². The number of halogens is 4. The van der Waals surface area contributed by atoms with Crippen molar-refractivity contribution in [3.8, 4) is 6.07 Å². The summed E-state index contributed by atoms with van der Waals surface area (Å²) in [5.74, 6) is -1.27. The third-order valence-corrected chi connectivity index (χ3v) is 6.78. The molecule has 0 fully saturated rings. The van der Waals surface area contributed by atoms with Crippen molar-refractivity contribution in [2.24, 2.45) is 5.41 Å². The maximum absolute atomic E-state index is 14.3. The van der Waals surface area contributed by atoms with Crippen LogP contribution in [0, 0.1) is 22.6 Å². The summed E-state index contributed by atoms with van der Waals surface area (Å²) in [6, 6.07) is 16.3. The first-order valence-corrected chi connectivity index (χ1v) is 11.8. The third kappa shape index (κ3) is 4.35. The Balaban J connectivity index is 1.87. The monoisotopic (exact) mass is 505 g/mol. The van der Waals surface area contributed by atoms with Crippen LogP contribution in [-0.2, 0) is 11.0 Å². The molecule has 0 N–H and O–H groups in total. The lowest BCUT2D eigenvalue weighted by atomic mass is 9.68. The second-order valence-electron chi connectivity index (χ2n) is 10.1. The maximum Gasteiger partial charge on any atom is 0.416 e. The molecule has 2 heterocycles. The van der Waals surface area contributed by atoms with Crippen LogP contribution in [0.25, 0.3) is 5.82 Å². The zero-order valence-corrected chi connectivity index (χ0v) is 20.2. The largest absolute Gasteiger partial charge is 0.416 e. The summed E-state index contributed by atoms with van der Waals surface area (Å²) in [7, 11) is 0. The van der Waals surface area contributed by atoms with E-state index in [1.807, 2.05) is 13.8 Å². The van der Waals surface area contributed by atoms with Gasteiger partial charge in [0.25, 0.3) is 0 Å². The molecule has 8 heteroatoms. The number of carbonyl (C=O) groups excluding carboxylic acids is 1. The minimum atomic E-state index is -4.58. The minimum Gasteiger partial charge on any atom is -0.309 e. The molecule has 5 rings (SSSR count). The number of ketones is 1. The van der Waals surface area contributed by atoms with E-state index in [4.69, 9.17) is 0 Å². The Kier molecular flexibility index (Phi) is 5.82. The standard InChI is InChI=1S/C29H23F4N3O/c1-28(2)15-23-26(24(37)16-28)25(18-7-5-9-20(30)13-18)22(17-34)27(35-11-3-4-12-35)36(23)21-10-6-8-19(14-21)29(31,32)33/h3-14,25H,15-16H2,1-2H3/t25-/m0/s1. The van der Waals surface area contributed by atoms with E-state index in [-0.39, 0.29) is 23.5 Å². The molecule has 0 bridgehead atoms. The van der Waals surface area contributed by atoms with Crippen LogP contribution >= 0.6 is 0 Å². The van der Waals surface area contributed by atoms with E-state index in [2.05, 4.69) is 6.07 Å². The van der Waals surface area contributed by atoms with Gasteiger partial charge in [0.05, 0.1) is 23.1 Å². The number of benzene rings is 2. The molecular formula is C29H23F4N3O. The topological polar surface area (TPSA) is 49.0 Å². The molecule has 2 aliphatic rings. The van der Waals surface area contributed by atoms with Gasteiger partial charge >= 0.3 is 6.18 Å². The van der Waals surface area contributed by atoms with E-state index < -0.39 is 28.9 Å². The first kappa shape index (κ1) is 24.6. The highest BCUT2D eigenvalue weighted by atomic mass is 19.4. The zero-order chi connectivity index (χ0) is 26.5. The predicted molar refractivity (Wildman–Crippen MR) is 131 cm³/mol. The second-order valence-corrected chi connectivity index (χ2v) is 10.1. The lowest BCUT2D eigenvalue weighted by molar-refractivity contribution is -0.137. The number of carbonyl (C=O) groups is 1. The van der Waals surface area contributed by atoms with Crippen LogP contribution in [0.2, 0.25) is 0 Å². The predicted octanol–water partition coefficient (Wildman–Crippen LogP) is 7.29. The first-order valence-electron chi connectivity index (χ1n) is 11.8. The first-order chi connectivity index (χ1) is 17.5. The van der Waals surface area contributed by atoms with E-state index in [0.29, 0.717) is 29.1 Å². The Morgan fingerprint density at radius 3 is 2.35 bits per heavy atom. The molecule has 0 unspecified atom stereocenters. The fourth-order valence-electron chi connectivity index (χ4n) is 5.31. The van der Waals surface area contributed by atoms with Gasteiger partial charge in [-0.15, -0.1) is 0 Å². The van der Waals surface area contributed by atoms with Crippen molar-refractivity contribution in [2.45, 2.75) is 38.8 Å². The number of Topliss-reactive ketones (excluding diaryl/α,β-unsaturated/α-hetero) is 1. The van der Waals surface area contributed by atoms with Crippen LogP contribution in [-0.4, -0.2) is 10.4 Å². The summed E-state index contributed by atoms with van der Waals surface area (Å²) >= 11 is 0. The summed E-state index contributed by atoms with van der Waals surface area (Å²) in [4.78, 5) is 15.3. The number of rotatable bonds is 3. The molecule has 3 aromatic rings. The molecule has 188 valence electrons. The summed E-state index contributed by atoms with van der Waals surface area (Å²) in [5.41, 5.74) is 0.269. The quantitative estimate of drug-likeness (QED) is 0.351. The van der Waals surface area contributed by atoms with Crippen LogP contribution in [0.5, 0.6) is 0 Å². The molecule has 0 saturated heterocycles. The number of anilines is 1. The van der Waals surface area contributed by atoms with Crippen molar-refractivity contribution in [1.82, 2.24) is 4.57 Å². The summed E-state index contributed by atoms with van der Waals surface area (Å²) < 4.78 is 57.1. The Bertz CT molecular complexity index is 1490. The molecule has 0 amide bonds. The lowest BCUT2D eigenvalue weighted by Crippen LogP contribution is -2.40. The maximum atomic E-state index is 14.3. The van der Waals surface area contributed by atoms with Crippen LogP contribution in [0.3, 0.4) is 0 Å². The Labute approximate surface area is 211 Å². The van der Waals surface area contributed by atoms with Gasteiger partial charge in [0.2, 0.25) is 0 Å². The van der Waals surface area contributed by atoms with Gasteiger partial charge in [0, 0.05) is 35.8 Å². The number of hydrogen-bond acceptors (Lipinski definition) is 3. The van der Waals surface area contributed by atoms with E-state index in [1.165, 1.54) is 30.3 Å². The van der Waals surface area contributed by atoms with Crippen molar-refractivity contribution < 1.29 is 22.4 Å². The summed E-state index contributed by atoms with van der Waals surface area (Å²) in [6.45, 7) is 3.85. The highest BCUT2D eigenvalue weighted by molar-refractivity contribution is 6.03. The fraction of sp³-hybridized carbons (Fsp3) is 0.241. The van der Waals surface area contributed by atoms with Crippen molar-refractivity contribution >= 4 is 17.3 Å². The molecule has 0 radical (unpaired) electrons. The smallest absolute Gasteiger partial charge is 0.309 e. The van der Waals surface area contributed by atoms with Crippen LogP contribution in [0.1, 0.15) is 43.7 Å². The number of nitrogens with zero attached hydrogens (tertiary/aromatic N) is 3. The molecule has 2 aromatic carbocycles. The SMILES string of the molecule is CC1(C)CC(=O)C2=C(C1)N(c1cccc(C(F)(F)F)c1)C(n1cccc1)=C(C#N)[C@@H]2c1cccc(F)c1. The molecule has 1 aliphatic heterocycles. The molecule has 0 saturated carbocycles. The van der Waals surface area contributed by atoms with Crippen LogP contribution in [0.15, 0.2) is 89.9 Å². The molecule has 0 spiro atoms. The number of hydrogen-bond donors (Lipinski definition) is 0. The van der Waals surface area contributed by atoms with Crippen molar-refractivity contribution in [3.05, 3.63) is 107 Å². The van der Waals surface area contributed by atoms with E-state index in [1.54, 1.807) is 40.1 Å². The van der Waals surface area contributed by atoms with Crippen molar-refractivity contribution in [2.75, 3.05) is 4.90 Å². The fourth-order valence-corrected chi connectivity index (χ4v) is 5.31. The average molecular weight is 506 g/mol. The highest BCUT2D eigenvalue weighted by Crippen LogP contribution is 2.52. The van der Waals surface area contributed by atoms with Crippen molar-refractivity contribution in [1.29, 1.82) is 5.26 Å². The molecule has 1 aromatic heterocycles. The average Bonchev–Trinajstić information content (AvgIpc) is 3.36. The minimum absolute atomic E-state index is 0.144. The van der Waals surface area contributed by atoms with Gasteiger partial charge in [0.15, 0.2) is 5.78 Å². The molecule has 1 atom stereocenters. The summed E-state index contributed by atoms with van der Waals surface area (Å²) in [5, 5.41) is 10.4. The van der Waals surface area contributed by atoms with Gasteiger partial charge in [-0.05, 0) is 59.9 Å². The third-order valence-electron chi connectivity index (χ3n) is 6.78. The zero-order valence-electron chi connectivity index (χ0n) is 20.2. The molecular weight excluding hydrogens is 482 g/mol. The Morgan fingerprint density at radius 2 is 1.70 bits per heavy atom. The van der Waals surface area contributed by atoms with E-state index in [0.717, 1.165) is 12.1 Å². The Morgan fingerprint density at radius 1 is 1.00 bits per heavy atom. The van der Waals surface area contributed by atoms with Gasteiger partial charge in [0.1, 0.15) is 11.6 Å².